The number of rotatable bonds is 8. The van der Waals surface area contributed by atoms with Crippen molar-refractivity contribution in [3.8, 4) is 23.3 Å². The van der Waals surface area contributed by atoms with Gasteiger partial charge >= 0.3 is 18.0 Å². The second-order valence-electron chi connectivity index (χ2n) is 14.2. The SMILES string of the molecule is COCCOC(=O)N1C(=O)[C@@]2(c3cc(C#Cc4ccc(OC)cc4)ccc31)[C@H](c1ccc(O)cc1)N1[C@H](c3ccccc3)[C@H](c3ccccc3)OC(=O)[C@H]1[C@@H]2C(=O)O. The first-order valence-electron chi connectivity index (χ1n) is 18.6. The number of carboxylic acid groups (broad SMARTS) is 1. The smallest absolute Gasteiger partial charge is 0.421 e. The van der Waals surface area contributed by atoms with Crippen LogP contribution >= 0.6 is 0 Å². The summed E-state index contributed by atoms with van der Waals surface area (Å²) < 4.78 is 22.2. The topological polar surface area (TPSA) is 152 Å². The molecule has 8 rings (SSSR count). The molecule has 0 unspecified atom stereocenters. The minimum Gasteiger partial charge on any atom is -0.508 e. The number of hydrogen-bond acceptors (Lipinski definition) is 10. The number of carbonyl (C=O) groups excluding carboxylic acids is 3. The molecule has 58 heavy (non-hydrogen) atoms. The van der Waals surface area contributed by atoms with Gasteiger partial charge in [-0.25, -0.2) is 9.69 Å². The highest BCUT2D eigenvalue weighted by Crippen LogP contribution is 2.66. The van der Waals surface area contributed by atoms with Gasteiger partial charge in [0, 0.05) is 18.2 Å². The molecule has 1 spiro atoms. The molecule has 2 saturated heterocycles. The molecule has 3 aliphatic heterocycles. The zero-order valence-corrected chi connectivity index (χ0v) is 31.5. The van der Waals surface area contributed by atoms with E-state index in [0.29, 0.717) is 33.6 Å². The van der Waals surface area contributed by atoms with E-state index in [2.05, 4.69) is 11.8 Å². The van der Waals surface area contributed by atoms with Crippen LogP contribution in [0.2, 0.25) is 0 Å². The van der Waals surface area contributed by atoms with E-state index >= 15 is 4.79 Å². The Morgan fingerprint density at radius 1 is 0.759 bits per heavy atom. The van der Waals surface area contributed by atoms with Crippen LogP contribution in [0.1, 0.15) is 51.6 Å². The number of aliphatic carboxylic acids is 1. The van der Waals surface area contributed by atoms with Gasteiger partial charge in [0.05, 0.1) is 31.5 Å². The van der Waals surface area contributed by atoms with Crippen LogP contribution in [0.4, 0.5) is 10.5 Å². The Hall–Kier alpha value is -6.94. The highest BCUT2D eigenvalue weighted by atomic mass is 16.6. The fourth-order valence-electron chi connectivity index (χ4n) is 8.70. The van der Waals surface area contributed by atoms with Gasteiger partial charge in [-0.05, 0) is 76.9 Å². The molecule has 12 heteroatoms. The number of carbonyl (C=O) groups is 4. The third kappa shape index (κ3) is 6.31. The summed E-state index contributed by atoms with van der Waals surface area (Å²) in [5, 5.41) is 21.9. The Kier molecular flexibility index (Phi) is 10.2. The molecule has 3 aliphatic rings. The number of imide groups is 1. The number of morpholine rings is 1. The van der Waals surface area contributed by atoms with Crippen molar-refractivity contribution >= 4 is 29.6 Å². The molecular weight excluding hydrogens is 741 g/mol. The number of phenolic OH excluding ortho intramolecular Hbond substituents is 1. The molecule has 0 aliphatic carbocycles. The van der Waals surface area contributed by atoms with E-state index in [0.717, 1.165) is 4.90 Å². The quantitative estimate of drug-likeness (QED) is 0.103. The largest absolute Gasteiger partial charge is 0.508 e. The highest BCUT2D eigenvalue weighted by molar-refractivity contribution is 6.23. The molecule has 2 amide bonds. The molecule has 12 nitrogen and oxygen atoms in total. The lowest BCUT2D eigenvalue weighted by molar-refractivity contribution is -0.179. The van der Waals surface area contributed by atoms with Crippen LogP contribution in [-0.2, 0) is 34.0 Å². The van der Waals surface area contributed by atoms with Crippen molar-refractivity contribution in [3.63, 3.8) is 0 Å². The van der Waals surface area contributed by atoms with Gasteiger partial charge in [-0.3, -0.25) is 19.3 Å². The molecule has 2 fully saturated rings. The van der Waals surface area contributed by atoms with E-state index in [-0.39, 0.29) is 30.2 Å². The summed E-state index contributed by atoms with van der Waals surface area (Å²) in [6.07, 6.45) is -1.98. The number of anilines is 1. The lowest BCUT2D eigenvalue weighted by Crippen LogP contribution is -2.53. The average molecular weight is 779 g/mol. The fourth-order valence-corrected chi connectivity index (χ4v) is 8.70. The molecular formula is C46H38N2O10. The van der Waals surface area contributed by atoms with Crippen molar-refractivity contribution in [1.29, 1.82) is 0 Å². The summed E-state index contributed by atoms with van der Waals surface area (Å²) >= 11 is 0. The predicted molar refractivity (Wildman–Crippen MR) is 210 cm³/mol. The van der Waals surface area contributed by atoms with Gasteiger partial charge < -0.3 is 29.2 Å². The standard InChI is InChI=1S/C46H38N2O10/c1-55-25-26-57-45(54)47-36-24-17-29(14-13-28-15-22-34(56-2)23-16-28)27-35(36)46(44(47)53)37(42(50)51)39-43(52)58-40(31-11-7-4-8-12-31)38(30-9-5-3-6-10-30)48(39)41(46)32-18-20-33(49)21-19-32/h3-12,15-24,27,37-41,49H,25-26H2,1-2H3,(H,50,51)/t37-,38-,39-,40+,41+,46-/m1/s1. The molecule has 0 saturated carbocycles. The van der Waals surface area contributed by atoms with Crippen LogP contribution in [0.5, 0.6) is 11.5 Å². The van der Waals surface area contributed by atoms with Crippen molar-refractivity contribution in [2.24, 2.45) is 5.92 Å². The molecule has 5 aromatic carbocycles. The summed E-state index contributed by atoms with van der Waals surface area (Å²) in [6.45, 7) is -0.145. The normalized spacial score (nSPS) is 23.3. The Labute approximate surface area is 334 Å². The number of hydrogen-bond donors (Lipinski definition) is 2. The predicted octanol–water partition coefficient (Wildman–Crippen LogP) is 6.33. The van der Waals surface area contributed by atoms with E-state index in [9.17, 15) is 24.6 Å². The van der Waals surface area contributed by atoms with Crippen LogP contribution < -0.4 is 9.64 Å². The number of nitrogens with zero attached hydrogens (tertiary/aromatic N) is 2. The monoisotopic (exact) mass is 778 g/mol. The van der Waals surface area contributed by atoms with Crippen molar-refractivity contribution in [2.45, 2.75) is 29.6 Å². The second kappa shape index (κ2) is 15.5. The van der Waals surface area contributed by atoms with Gasteiger partial charge in [-0.1, -0.05) is 84.6 Å². The molecule has 5 aromatic rings. The fraction of sp³-hybridized carbons (Fsp3) is 0.217. The van der Waals surface area contributed by atoms with Crippen LogP contribution in [0.3, 0.4) is 0 Å². The summed E-state index contributed by atoms with van der Waals surface area (Å²) in [5.41, 5.74) is 0.937. The van der Waals surface area contributed by atoms with Gasteiger partial charge in [0.25, 0.3) is 0 Å². The Bertz CT molecular complexity index is 2430. The minimum absolute atomic E-state index is 0.0425. The van der Waals surface area contributed by atoms with Crippen molar-refractivity contribution in [3.05, 3.63) is 161 Å². The van der Waals surface area contributed by atoms with Gasteiger partial charge in [-0.2, -0.15) is 0 Å². The Morgan fingerprint density at radius 3 is 2.03 bits per heavy atom. The summed E-state index contributed by atoms with van der Waals surface area (Å²) in [7, 11) is 3.00. The van der Waals surface area contributed by atoms with Crippen LogP contribution in [0.15, 0.2) is 127 Å². The summed E-state index contributed by atoms with van der Waals surface area (Å²) in [4.78, 5) is 61.1. The number of methoxy groups -OCH3 is 2. The van der Waals surface area contributed by atoms with E-state index in [1.807, 2.05) is 60.7 Å². The number of fused-ring (bicyclic) bond motifs is 3. The third-order valence-electron chi connectivity index (χ3n) is 11.1. The van der Waals surface area contributed by atoms with E-state index < -0.39 is 59.5 Å². The molecule has 0 bridgehead atoms. The maximum absolute atomic E-state index is 15.7. The zero-order chi connectivity index (χ0) is 40.6. The number of benzene rings is 5. The van der Waals surface area contributed by atoms with E-state index in [1.165, 1.54) is 19.2 Å². The number of esters is 1. The summed E-state index contributed by atoms with van der Waals surface area (Å²) in [6, 6.07) is 32.8. The first kappa shape index (κ1) is 38.0. The first-order valence-corrected chi connectivity index (χ1v) is 18.6. The number of phenols is 1. The van der Waals surface area contributed by atoms with Crippen LogP contribution in [0.25, 0.3) is 0 Å². The molecule has 0 aromatic heterocycles. The number of aromatic hydroxyl groups is 1. The third-order valence-corrected chi connectivity index (χ3v) is 11.1. The number of carboxylic acids is 1. The first-order chi connectivity index (χ1) is 28.2. The molecule has 292 valence electrons. The maximum atomic E-state index is 15.7. The number of amides is 2. The Morgan fingerprint density at radius 2 is 1.40 bits per heavy atom. The molecule has 3 heterocycles. The molecule has 2 N–H and O–H groups in total. The van der Waals surface area contributed by atoms with Crippen LogP contribution in [0, 0.1) is 17.8 Å². The number of cyclic esters (lactones) is 1. The van der Waals surface area contributed by atoms with Gasteiger partial charge in [0.15, 0.2) is 0 Å². The lowest BCUT2D eigenvalue weighted by Gasteiger charge is -2.46. The second-order valence-corrected chi connectivity index (χ2v) is 14.2. The summed E-state index contributed by atoms with van der Waals surface area (Å²) in [5.74, 6) is 1.83. The molecule has 0 radical (unpaired) electrons. The highest BCUT2D eigenvalue weighted by Gasteiger charge is 2.76. The zero-order valence-electron chi connectivity index (χ0n) is 31.5. The van der Waals surface area contributed by atoms with Crippen molar-refractivity contribution < 1.29 is 48.3 Å². The van der Waals surface area contributed by atoms with E-state index in [4.69, 9.17) is 18.9 Å². The van der Waals surface area contributed by atoms with Gasteiger partial charge in [0.2, 0.25) is 5.91 Å². The van der Waals surface area contributed by atoms with Gasteiger partial charge in [0.1, 0.15) is 41.6 Å². The Balaban J connectivity index is 1.41. The van der Waals surface area contributed by atoms with E-state index in [1.54, 1.807) is 66.6 Å². The minimum atomic E-state index is -2.15. The van der Waals surface area contributed by atoms with Crippen molar-refractivity contribution in [2.75, 3.05) is 32.3 Å². The van der Waals surface area contributed by atoms with Gasteiger partial charge in [-0.15, -0.1) is 0 Å². The number of ether oxygens (including phenoxy) is 4. The average Bonchev–Trinajstić information content (AvgIpc) is 3.70. The maximum Gasteiger partial charge on any atom is 0.421 e. The molecule has 6 atom stereocenters. The van der Waals surface area contributed by atoms with Crippen molar-refractivity contribution in [1.82, 2.24) is 4.90 Å². The lowest BCUT2D eigenvalue weighted by atomic mass is 9.65. The van der Waals surface area contributed by atoms with Crippen LogP contribution in [-0.4, -0.2) is 72.5 Å².